The van der Waals surface area contributed by atoms with Crippen LogP contribution in [0, 0.1) is 0 Å². The fourth-order valence-corrected chi connectivity index (χ4v) is 5.48. The summed E-state index contributed by atoms with van der Waals surface area (Å²) in [6.07, 6.45) is 31.9. The molecule has 0 saturated heterocycles. The van der Waals surface area contributed by atoms with Crippen molar-refractivity contribution in [3.05, 3.63) is 0 Å². The van der Waals surface area contributed by atoms with Gasteiger partial charge in [-0.15, -0.1) is 0 Å². The van der Waals surface area contributed by atoms with Gasteiger partial charge in [-0.25, -0.2) is 0 Å². The third-order valence-corrected chi connectivity index (χ3v) is 8.48. The van der Waals surface area contributed by atoms with E-state index in [1.54, 1.807) is 7.11 Å². The van der Waals surface area contributed by atoms with Gasteiger partial charge in [-0.2, -0.15) is 0 Å². The van der Waals surface area contributed by atoms with E-state index in [1.165, 1.54) is 141 Å². The van der Waals surface area contributed by atoms with E-state index < -0.39 is 0 Å². The van der Waals surface area contributed by atoms with Crippen LogP contribution in [0.1, 0.15) is 174 Å². The highest BCUT2D eigenvalue weighted by molar-refractivity contribution is 5.69. The predicted octanol–water partition coefficient (Wildman–Crippen LogP) is 10.4. The molecule has 0 fully saturated rings. The summed E-state index contributed by atoms with van der Waals surface area (Å²) >= 11 is 0. The van der Waals surface area contributed by atoms with Gasteiger partial charge < -0.3 is 28.4 Å². The molecule has 7 nitrogen and oxygen atoms in total. The third kappa shape index (κ3) is 37.7. The third-order valence-electron chi connectivity index (χ3n) is 8.48. The van der Waals surface area contributed by atoms with Gasteiger partial charge in [0.1, 0.15) is 12.7 Å². The number of unbranched alkanes of at least 4 members (excludes halogenated alkanes) is 22. The molecule has 7 heteroatoms. The molecule has 0 heterocycles. The molecule has 0 N–H and O–H groups in total. The summed E-state index contributed by atoms with van der Waals surface area (Å²) in [5.74, 6) is -0.264. The Bertz CT molecular complexity index is 575. The Balaban J connectivity index is 4.03. The topological polar surface area (TPSA) is 72.5 Å². The molecule has 0 bridgehead atoms. The molecule has 0 aromatic rings. The van der Waals surface area contributed by atoms with E-state index in [0.29, 0.717) is 46.2 Å². The number of hydrogen-bond acceptors (Lipinski definition) is 7. The van der Waals surface area contributed by atoms with E-state index >= 15 is 0 Å². The first-order valence-corrected chi connectivity index (χ1v) is 19.7. The standard InChI is InChI=1S/C39H78O7/c1-4-6-8-10-12-14-16-18-20-22-24-26-29-44-36-38(37-46-39(40)28-31-42-34-35-43-33-32-41-3)45-30-27-25-23-21-19-17-15-13-11-9-7-5-2/h38H,4-37H2,1-3H3/t38-/m1/s1. The zero-order valence-corrected chi connectivity index (χ0v) is 31.0. The van der Waals surface area contributed by atoms with Gasteiger partial charge in [-0.05, 0) is 12.8 Å². The quantitative estimate of drug-likeness (QED) is 0.0479. The molecule has 0 aromatic carbocycles. The Hall–Kier alpha value is -0.730. The highest BCUT2D eigenvalue weighted by Crippen LogP contribution is 2.13. The maximum absolute atomic E-state index is 12.3. The number of carbonyl (C=O) groups excluding carboxylic acids is 1. The van der Waals surface area contributed by atoms with Crippen molar-refractivity contribution >= 4 is 5.97 Å². The Kier molecular flexibility index (Phi) is 39.8. The first kappa shape index (κ1) is 45.3. The molecule has 0 spiro atoms. The summed E-state index contributed by atoms with van der Waals surface area (Å²) in [7, 11) is 1.65. The van der Waals surface area contributed by atoms with Crippen molar-refractivity contribution in [3.63, 3.8) is 0 Å². The molecule has 0 aromatic heterocycles. The molecule has 0 saturated carbocycles. The van der Waals surface area contributed by atoms with Crippen LogP contribution in [-0.4, -0.2) is 78.6 Å². The van der Waals surface area contributed by atoms with Crippen LogP contribution in [0.5, 0.6) is 0 Å². The van der Waals surface area contributed by atoms with Crippen molar-refractivity contribution in [2.45, 2.75) is 180 Å². The van der Waals surface area contributed by atoms with Crippen LogP contribution in [0.15, 0.2) is 0 Å². The van der Waals surface area contributed by atoms with Gasteiger partial charge in [0.15, 0.2) is 0 Å². The van der Waals surface area contributed by atoms with Gasteiger partial charge >= 0.3 is 5.97 Å². The van der Waals surface area contributed by atoms with E-state index in [2.05, 4.69) is 13.8 Å². The second-order valence-electron chi connectivity index (χ2n) is 13.0. The highest BCUT2D eigenvalue weighted by atomic mass is 16.6. The van der Waals surface area contributed by atoms with Crippen molar-refractivity contribution in [1.29, 1.82) is 0 Å². The molecule has 0 aliphatic carbocycles. The SMILES string of the molecule is CCCCCCCCCCCCCCOC[C@H](COC(=O)CCOCCOCCOC)OCCCCCCCCCCCCCC. The molecule has 0 aliphatic heterocycles. The second kappa shape index (κ2) is 40.4. The van der Waals surface area contributed by atoms with Crippen molar-refractivity contribution in [2.24, 2.45) is 0 Å². The van der Waals surface area contributed by atoms with E-state index in [1.807, 2.05) is 0 Å². The van der Waals surface area contributed by atoms with Crippen LogP contribution in [0.25, 0.3) is 0 Å². The van der Waals surface area contributed by atoms with E-state index in [4.69, 9.17) is 28.4 Å². The Morgan fingerprint density at radius 2 is 0.848 bits per heavy atom. The van der Waals surface area contributed by atoms with Gasteiger partial charge in [0.05, 0.1) is 46.1 Å². The van der Waals surface area contributed by atoms with Gasteiger partial charge in [0.2, 0.25) is 0 Å². The molecule has 0 amide bonds. The van der Waals surface area contributed by atoms with Crippen molar-refractivity contribution in [1.82, 2.24) is 0 Å². The van der Waals surface area contributed by atoms with Crippen LogP contribution < -0.4 is 0 Å². The van der Waals surface area contributed by atoms with E-state index in [9.17, 15) is 4.79 Å². The lowest BCUT2D eigenvalue weighted by atomic mass is 10.1. The molecule has 276 valence electrons. The van der Waals surface area contributed by atoms with E-state index in [-0.39, 0.29) is 25.1 Å². The van der Waals surface area contributed by atoms with Crippen LogP contribution >= 0.6 is 0 Å². The number of carbonyl (C=O) groups is 1. The number of rotatable bonds is 40. The molecule has 0 radical (unpaired) electrons. The van der Waals surface area contributed by atoms with Crippen molar-refractivity contribution < 1.29 is 33.2 Å². The Morgan fingerprint density at radius 1 is 0.435 bits per heavy atom. The second-order valence-corrected chi connectivity index (χ2v) is 13.0. The lowest BCUT2D eigenvalue weighted by Crippen LogP contribution is -2.28. The minimum Gasteiger partial charge on any atom is -0.463 e. The monoisotopic (exact) mass is 659 g/mol. The molecular formula is C39H78O7. The number of esters is 1. The molecule has 46 heavy (non-hydrogen) atoms. The minimum absolute atomic E-state index is 0.218. The van der Waals surface area contributed by atoms with Crippen molar-refractivity contribution in [2.75, 3.05) is 66.6 Å². The van der Waals surface area contributed by atoms with Gasteiger partial charge in [0.25, 0.3) is 0 Å². The predicted molar refractivity (Wildman–Crippen MR) is 192 cm³/mol. The lowest BCUT2D eigenvalue weighted by molar-refractivity contribution is -0.151. The minimum atomic E-state index is -0.264. The zero-order chi connectivity index (χ0) is 33.4. The average molecular weight is 659 g/mol. The van der Waals surface area contributed by atoms with Gasteiger partial charge in [-0.1, -0.05) is 155 Å². The maximum atomic E-state index is 12.3. The smallest absolute Gasteiger partial charge is 0.308 e. The first-order valence-electron chi connectivity index (χ1n) is 19.7. The molecule has 0 aliphatic rings. The molecule has 0 unspecified atom stereocenters. The largest absolute Gasteiger partial charge is 0.463 e. The van der Waals surface area contributed by atoms with Gasteiger partial charge in [-0.3, -0.25) is 4.79 Å². The summed E-state index contributed by atoms with van der Waals surface area (Å²) in [6.45, 7) is 9.07. The Labute approximate surface area is 285 Å². The maximum Gasteiger partial charge on any atom is 0.308 e. The Morgan fingerprint density at radius 3 is 1.33 bits per heavy atom. The summed E-state index contributed by atoms with van der Waals surface area (Å²) in [5.41, 5.74) is 0. The number of ether oxygens (including phenoxy) is 6. The molecule has 1 atom stereocenters. The fourth-order valence-electron chi connectivity index (χ4n) is 5.48. The van der Waals surface area contributed by atoms with Crippen LogP contribution in [0.3, 0.4) is 0 Å². The number of hydrogen-bond donors (Lipinski definition) is 0. The van der Waals surface area contributed by atoms with Crippen molar-refractivity contribution in [3.8, 4) is 0 Å². The average Bonchev–Trinajstić information content (AvgIpc) is 3.06. The highest BCUT2D eigenvalue weighted by Gasteiger charge is 2.13. The number of methoxy groups -OCH3 is 1. The summed E-state index contributed by atoms with van der Waals surface area (Å²) in [4.78, 5) is 12.3. The summed E-state index contributed by atoms with van der Waals surface area (Å²) in [6, 6.07) is 0. The normalized spacial score (nSPS) is 12.2. The van der Waals surface area contributed by atoms with Crippen LogP contribution in [-0.2, 0) is 33.2 Å². The lowest BCUT2D eigenvalue weighted by Gasteiger charge is -2.18. The molecular weight excluding hydrogens is 580 g/mol. The van der Waals surface area contributed by atoms with E-state index in [0.717, 1.165) is 19.4 Å². The molecule has 0 rings (SSSR count). The van der Waals surface area contributed by atoms with Gasteiger partial charge in [0, 0.05) is 20.3 Å². The zero-order valence-electron chi connectivity index (χ0n) is 31.0. The van der Waals surface area contributed by atoms with Crippen LogP contribution in [0.4, 0.5) is 0 Å². The summed E-state index contributed by atoms with van der Waals surface area (Å²) in [5, 5.41) is 0. The first-order chi connectivity index (χ1) is 22.7. The van der Waals surface area contributed by atoms with Crippen LogP contribution in [0.2, 0.25) is 0 Å². The fraction of sp³-hybridized carbons (Fsp3) is 0.974. The summed E-state index contributed by atoms with van der Waals surface area (Å²) < 4.78 is 33.4.